The Balaban J connectivity index is 1.38. The number of phenols is 1. The molecule has 0 aliphatic rings. The van der Waals surface area contributed by atoms with Crippen molar-refractivity contribution in [3.05, 3.63) is 164 Å². The molecule has 0 bridgehead atoms. The van der Waals surface area contributed by atoms with Crippen molar-refractivity contribution < 1.29 is 5.11 Å². The number of fused-ring (bicyclic) bond motifs is 7. The third kappa shape index (κ3) is 3.84. The maximum atomic E-state index is 12.0. The second-order valence-corrected chi connectivity index (χ2v) is 11.5. The highest BCUT2D eigenvalue weighted by molar-refractivity contribution is 6.30. The average Bonchev–Trinajstić information content (AvgIpc) is 3.62. The normalized spacial score (nSPS) is 11.6. The largest absolute Gasteiger partial charge is 0.506 e. The molecule has 0 aliphatic heterocycles. The Morgan fingerprint density at radius 3 is 1.64 bits per heavy atom. The van der Waals surface area contributed by atoms with Gasteiger partial charge in [-0.3, -0.25) is 0 Å². The summed E-state index contributed by atoms with van der Waals surface area (Å²) >= 11 is 0. The Hall–Kier alpha value is -6.06. The maximum absolute atomic E-state index is 12.0. The van der Waals surface area contributed by atoms with E-state index >= 15 is 0 Å². The Morgan fingerprint density at radius 2 is 0.933 bits per heavy atom. The van der Waals surface area contributed by atoms with Gasteiger partial charge >= 0.3 is 0 Å². The van der Waals surface area contributed by atoms with E-state index < -0.39 is 0 Å². The van der Waals surface area contributed by atoms with Gasteiger partial charge in [-0.2, -0.15) is 0 Å². The minimum atomic E-state index is 0.252. The van der Waals surface area contributed by atoms with E-state index in [-0.39, 0.29) is 5.75 Å². The molecule has 212 valence electrons. The first-order valence-electron chi connectivity index (χ1n) is 15.3. The van der Waals surface area contributed by atoms with Gasteiger partial charge in [0.2, 0.25) is 0 Å². The molecule has 2 aromatic heterocycles. The van der Waals surface area contributed by atoms with Crippen LogP contribution in [0.4, 0.5) is 0 Å². The first-order valence-corrected chi connectivity index (χ1v) is 15.3. The first-order chi connectivity index (χ1) is 22.3. The van der Waals surface area contributed by atoms with Crippen LogP contribution in [0, 0.1) is 0 Å². The van der Waals surface area contributed by atoms with Gasteiger partial charge in [0.05, 0.1) is 27.8 Å². The molecule has 9 aromatic rings. The van der Waals surface area contributed by atoms with Crippen LogP contribution < -0.4 is 0 Å². The fourth-order valence-corrected chi connectivity index (χ4v) is 7.08. The van der Waals surface area contributed by atoms with Crippen molar-refractivity contribution in [1.29, 1.82) is 0 Å². The molecule has 0 atom stereocenters. The lowest BCUT2D eigenvalue weighted by Crippen LogP contribution is -1.97. The zero-order chi connectivity index (χ0) is 29.9. The van der Waals surface area contributed by atoms with Crippen LogP contribution in [-0.2, 0) is 0 Å². The van der Waals surface area contributed by atoms with Gasteiger partial charge in [-0.25, -0.2) is 0 Å². The van der Waals surface area contributed by atoms with Crippen molar-refractivity contribution >= 4 is 43.6 Å². The number of para-hydroxylation sites is 3. The van der Waals surface area contributed by atoms with Crippen LogP contribution in [0.15, 0.2) is 164 Å². The number of hydrogen-bond donors (Lipinski definition) is 1. The summed E-state index contributed by atoms with van der Waals surface area (Å²) in [4.78, 5) is 0. The summed E-state index contributed by atoms with van der Waals surface area (Å²) in [5, 5.41) is 16.5. The maximum Gasteiger partial charge on any atom is 0.142 e. The zero-order valence-corrected chi connectivity index (χ0v) is 24.4. The lowest BCUT2D eigenvalue weighted by molar-refractivity contribution is 0.480. The van der Waals surface area contributed by atoms with Crippen LogP contribution in [0.1, 0.15) is 0 Å². The van der Waals surface area contributed by atoms with Crippen LogP contribution >= 0.6 is 0 Å². The first kappa shape index (κ1) is 25.4. The summed E-state index contributed by atoms with van der Waals surface area (Å²) < 4.78 is 4.52. The third-order valence-corrected chi connectivity index (χ3v) is 9.01. The van der Waals surface area contributed by atoms with Crippen LogP contribution in [0.3, 0.4) is 0 Å². The monoisotopic (exact) mass is 576 g/mol. The van der Waals surface area contributed by atoms with Gasteiger partial charge in [0.1, 0.15) is 5.75 Å². The predicted octanol–water partition coefficient (Wildman–Crippen LogP) is 10.9. The Bertz CT molecular complexity index is 2520. The number of nitrogens with zero attached hydrogens (tertiary/aromatic N) is 2. The number of hydrogen-bond acceptors (Lipinski definition) is 1. The van der Waals surface area contributed by atoms with E-state index in [1.807, 2.05) is 18.2 Å². The molecule has 0 unspecified atom stereocenters. The summed E-state index contributed by atoms with van der Waals surface area (Å²) in [5.41, 5.74) is 10.7. The van der Waals surface area contributed by atoms with Crippen LogP contribution in [-0.4, -0.2) is 14.2 Å². The number of rotatable bonds is 4. The summed E-state index contributed by atoms with van der Waals surface area (Å²) in [7, 11) is 0. The molecule has 0 fully saturated rings. The molecule has 0 saturated heterocycles. The average molecular weight is 577 g/mol. The summed E-state index contributed by atoms with van der Waals surface area (Å²) in [6.45, 7) is 0. The predicted molar refractivity (Wildman–Crippen MR) is 188 cm³/mol. The topological polar surface area (TPSA) is 30.1 Å². The second kappa shape index (κ2) is 10.0. The molecule has 0 aliphatic carbocycles. The SMILES string of the molecule is Oc1cc2c(c3ccccc3n2-c2ccccc2-c2ccccc2)c2c3ccccc3n(-c3ccc(-c4ccccc4)cc3)c12. The van der Waals surface area contributed by atoms with Crippen LogP contribution in [0.2, 0.25) is 0 Å². The van der Waals surface area contributed by atoms with E-state index in [2.05, 4.69) is 155 Å². The van der Waals surface area contributed by atoms with Crippen molar-refractivity contribution in [3.8, 4) is 39.4 Å². The van der Waals surface area contributed by atoms with Gasteiger partial charge in [0, 0.05) is 38.9 Å². The highest BCUT2D eigenvalue weighted by Crippen LogP contribution is 2.46. The Kier molecular flexibility index (Phi) is 5.66. The van der Waals surface area contributed by atoms with Crippen LogP contribution in [0.5, 0.6) is 5.75 Å². The summed E-state index contributed by atoms with van der Waals surface area (Å²) in [6.07, 6.45) is 0. The molecule has 45 heavy (non-hydrogen) atoms. The van der Waals surface area contributed by atoms with Gasteiger partial charge in [-0.05, 0) is 47.0 Å². The fraction of sp³-hybridized carbons (Fsp3) is 0. The molecule has 3 heteroatoms. The highest BCUT2D eigenvalue weighted by atomic mass is 16.3. The molecule has 2 heterocycles. The van der Waals surface area contributed by atoms with Gasteiger partial charge in [-0.1, -0.05) is 127 Å². The molecular formula is C42H28N2O. The van der Waals surface area contributed by atoms with Crippen molar-refractivity contribution in [2.45, 2.75) is 0 Å². The van der Waals surface area contributed by atoms with Crippen molar-refractivity contribution in [3.63, 3.8) is 0 Å². The quantitative estimate of drug-likeness (QED) is 0.222. The number of benzene rings is 7. The van der Waals surface area contributed by atoms with Gasteiger partial charge < -0.3 is 14.2 Å². The minimum Gasteiger partial charge on any atom is -0.506 e. The second-order valence-electron chi connectivity index (χ2n) is 11.5. The molecule has 7 aromatic carbocycles. The van der Waals surface area contributed by atoms with Gasteiger partial charge in [0.25, 0.3) is 0 Å². The molecule has 1 N–H and O–H groups in total. The van der Waals surface area contributed by atoms with E-state index in [0.29, 0.717) is 0 Å². The molecule has 0 radical (unpaired) electrons. The Morgan fingerprint density at radius 1 is 0.400 bits per heavy atom. The summed E-state index contributed by atoms with van der Waals surface area (Å²) in [6, 6.07) is 57.1. The van der Waals surface area contributed by atoms with Crippen molar-refractivity contribution in [2.24, 2.45) is 0 Å². The lowest BCUT2D eigenvalue weighted by atomic mass is 10.0. The lowest BCUT2D eigenvalue weighted by Gasteiger charge is -2.14. The number of phenolic OH excluding ortho intramolecular Hbond substituents is 1. The van der Waals surface area contributed by atoms with Crippen LogP contribution in [0.25, 0.3) is 77.2 Å². The number of aromatic hydroxyl groups is 1. The minimum absolute atomic E-state index is 0.252. The Labute approximate surface area is 260 Å². The zero-order valence-electron chi connectivity index (χ0n) is 24.4. The van der Waals surface area contributed by atoms with Gasteiger partial charge in [0.15, 0.2) is 0 Å². The van der Waals surface area contributed by atoms with E-state index in [4.69, 9.17) is 0 Å². The molecule has 0 saturated carbocycles. The molecular weight excluding hydrogens is 548 g/mol. The van der Waals surface area contributed by atoms with E-state index in [0.717, 1.165) is 71.7 Å². The smallest absolute Gasteiger partial charge is 0.142 e. The molecule has 0 amide bonds. The van der Waals surface area contributed by atoms with Gasteiger partial charge in [-0.15, -0.1) is 0 Å². The van der Waals surface area contributed by atoms with E-state index in [1.165, 1.54) is 5.56 Å². The van der Waals surface area contributed by atoms with Crippen molar-refractivity contribution in [1.82, 2.24) is 9.13 Å². The molecule has 9 rings (SSSR count). The van der Waals surface area contributed by atoms with E-state index in [9.17, 15) is 5.11 Å². The molecule has 3 nitrogen and oxygen atoms in total. The standard InChI is InChI=1S/C42H28N2O/c45-39-27-38-40(33-18-8-12-22-37(33)44(38)35-20-10-7-17-32(35)30-15-5-2-6-16-30)41-34-19-9-11-21-36(34)43(42(39)41)31-25-23-29(24-26-31)28-13-3-1-4-14-28/h1-27,45H. The highest BCUT2D eigenvalue weighted by Gasteiger charge is 2.24. The summed E-state index contributed by atoms with van der Waals surface area (Å²) in [5.74, 6) is 0.252. The number of aromatic nitrogens is 2. The van der Waals surface area contributed by atoms with E-state index in [1.54, 1.807) is 0 Å². The molecule has 0 spiro atoms. The van der Waals surface area contributed by atoms with Crippen molar-refractivity contribution in [2.75, 3.05) is 0 Å². The fourth-order valence-electron chi connectivity index (χ4n) is 7.08. The third-order valence-electron chi connectivity index (χ3n) is 9.01.